The van der Waals surface area contributed by atoms with Gasteiger partial charge in [-0.25, -0.2) is 4.79 Å². The van der Waals surface area contributed by atoms with E-state index in [1.807, 2.05) is 0 Å². The van der Waals surface area contributed by atoms with Gasteiger partial charge in [-0.05, 0) is 29.8 Å². The van der Waals surface area contributed by atoms with Crippen LogP contribution in [-0.4, -0.2) is 36.4 Å². The summed E-state index contributed by atoms with van der Waals surface area (Å²) in [5.74, 6) is -1.15. The smallest absolute Gasteiger partial charge is 0.344 e. The number of nitrogens with two attached hydrogens (primary N) is 1. The van der Waals surface area contributed by atoms with E-state index < -0.39 is 18.5 Å². The Kier molecular flexibility index (Phi) is 5.17. The van der Waals surface area contributed by atoms with Crippen molar-refractivity contribution < 1.29 is 24.3 Å². The molecular formula is C11H12N2O5. The van der Waals surface area contributed by atoms with Crippen LogP contribution in [0.2, 0.25) is 0 Å². The van der Waals surface area contributed by atoms with Crippen LogP contribution in [0.1, 0.15) is 5.56 Å². The van der Waals surface area contributed by atoms with Crippen molar-refractivity contribution in [3.63, 3.8) is 0 Å². The van der Waals surface area contributed by atoms with Crippen molar-refractivity contribution in [2.24, 2.45) is 10.9 Å². The first-order valence-electron chi connectivity index (χ1n) is 4.96. The van der Waals surface area contributed by atoms with E-state index in [1.54, 1.807) is 24.3 Å². The van der Waals surface area contributed by atoms with Crippen LogP contribution in [0.3, 0.4) is 0 Å². The van der Waals surface area contributed by atoms with Gasteiger partial charge in [0.1, 0.15) is 5.75 Å². The number of aliphatic carboxylic acids is 1. The Bertz CT molecular complexity index is 441. The molecule has 0 aliphatic carbocycles. The quantitative estimate of drug-likeness (QED) is 0.523. The maximum Gasteiger partial charge on any atom is 0.344 e. The van der Waals surface area contributed by atoms with E-state index in [1.165, 1.54) is 6.21 Å². The number of rotatable bonds is 7. The van der Waals surface area contributed by atoms with E-state index in [4.69, 9.17) is 15.6 Å². The standard InChI is InChI=1S/C11H12N2O5/c12-10(14)6-17-9-3-1-8(2-4-9)5-13-18-7-11(15)16/h1-5H,6-7H2,(H2,12,14)(H,15,16). The molecule has 0 unspecified atom stereocenters. The molecule has 3 N–H and O–H groups in total. The van der Waals surface area contributed by atoms with Gasteiger partial charge < -0.3 is 20.4 Å². The van der Waals surface area contributed by atoms with Crippen LogP contribution in [0.4, 0.5) is 0 Å². The maximum atomic E-state index is 10.5. The van der Waals surface area contributed by atoms with Gasteiger partial charge >= 0.3 is 5.97 Å². The minimum atomic E-state index is -1.10. The fourth-order valence-corrected chi connectivity index (χ4v) is 0.995. The Balaban J connectivity index is 2.44. The molecule has 1 aromatic carbocycles. The third kappa shape index (κ3) is 5.50. The van der Waals surface area contributed by atoms with E-state index >= 15 is 0 Å². The Hall–Kier alpha value is -2.57. The van der Waals surface area contributed by atoms with E-state index in [-0.39, 0.29) is 6.61 Å². The van der Waals surface area contributed by atoms with E-state index in [2.05, 4.69) is 9.99 Å². The molecule has 0 radical (unpaired) electrons. The lowest BCUT2D eigenvalue weighted by atomic mass is 10.2. The van der Waals surface area contributed by atoms with Crippen LogP contribution in [0.15, 0.2) is 29.4 Å². The highest BCUT2D eigenvalue weighted by atomic mass is 16.6. The number of hydrogen-bond donors (Lipinski definition) is 2. The van der Waals surface area contributed by atoms with Gasteiger partial charge in [0.2, 0.25) is 6.61 Å². The molecule has 0 fully saturated rings. The molecule has 0 spiro atoms. The fourth-order valence-electron chi connectivity index (χ4n) is 0.995. The summed E-state index contributed by atoms with van der Waals surface area (Å²) < 4.78 is 5.05. The Morgan fingerprint density at radius 3 is 2.50 bits per heavy atom. The molecule has 0 aliphatic heterocycles. The SMILES string of the molecule is NC(=O)COc1ccc(C=NOCC(=O)O)cc1. The zero-order valence-corrected chi connectivity index (χ0v) is 9.41. The Labute approximate surface area is 103 Å². The van der Waals surface area contributed by atoms with Gasteiger partial charge in [-0.2, -0.15) is 0 Å². The highest BCUT2D eigenvalue weighted by molar-refractivity contribution is 5.79. The summed E-state index contributed by atoms with van der Waals surface area (Å²) in [6.45, 7) is -0.675. The lowest BCUT2D eigenvalue weighted by molar-refractivity contribution is -0.142. The maximum absolute atomic E-state index is 10.5. The van der Waals surface area contributed by atoms with E-state index in [0.717, 1.165) is 0 Å². The van der Waals surface area contributed by atoms with Crippen molar-refractivity contribution >= 4 is 18.1 Å². The molecule has 0 heterocycles. The molecule has 96 valence electrons. The first-order valence-corrected chi connectivity index (χ1v) is 4.96. The normalized spacial score (nSPS) is 10.2. The third-order valence-corrected chi connectivity index (χ3v) is 1.73. The number of ether oxygens (including phenoxy) is 1. The first kappa shape index (κ1) is 13.5. The molecular weight excluding hydrogens is 240 g/mol. The lowest BCUT2D eigenvalue weighted by Crippen LogP contribution is -2.19. The van der Waals surface area contributed by atoms with Crippen LogP contribution in [-0.2, 0) is 14.4 Å². The average molecular weight is 252 g/mol. The minimum Gasteiger partial charge on any atom is -0.484 e. The van der Waals surface area contributed by atoms with Crippen LogP contribution in [0, 0.1) is 0 Å². The molecule has 1 amide bonds. The van der Waals surface area contributed by atoms with Crippen molar-refractivity contribution in [2.75, 3.05) is 13.2 Å². The second kappa shape index (κ2) is 6.89. The van der Waals surface area contributed by atoms with E-state index in [0.29, 0.717) is 11.3 Å². The Morgan fingerprint density at radius 2 is 1.94 bits per heavy atom. The van der Waals surface area contributed by atoms with Gasteiger partial charge in [-0.1, -0.05) is 5.16 Å². The molecule has 18 heavy (non-hydrogen) atoms. The van der Waals surface area contributed by atoms with Gasteiger partial charge in [0, 0.05) is 0 Å². The summed E-state index contributed by atoms with van der Waals surface area (Å²) in [6.07, 6.45) is 1.36. The molecule has 7 heteroatoms. The van der Waals surface area contributed by atoms with Crippen molar-refractivity contribution in [3.8, 4) is 5.75 Å². The largest absolute Gasteiger partial charge is 0.484 e. The topological polar surface area (TPSA) is 111 Å². The van der Waals surface area contributed by atoms with Gasteiger partial charge in [0.15, 0.2) is 6.61 Å². The fraction of sp³-hybridized carbons (Fsp3) is 0.182. The first-order chi connectivity index (χ1) is 8.58. The summed E-state index contributed by atoms with van der Waals surface area (Å²) in [6, 6.07) is 6.59. The predicted octanol–water partition coefficient (Wildman–Crippen LogP) is -0.0142. The van der Waals surface area contributed by atoms with Crippen molar-refractivity contribution in [1.82, 2.24) is 0 Å². The molecule has 1 aromatic rings. The zero-order valence-electron chi connectivity index (χ0n) is 9.41. The van der Waals surface area contributed by atoms with Gasteiger partial charge in [-0.3, -0.25) is 4.79 Å². The zero-order chi connectivity index (χ0) is 13.4. The summed E-state index contributed by atoms with van der Waals surface area (Å²) >= 11 is 0. The second-order valence-corrected chi connectivity index (χ2v) is 3.23. The summed E-state index contributed by atoms with van der Waals surface area (Å²) in [5.41, 5.74) is 5.63. The highest BCUT2D eigenvalue weighted by Gasteiger charge is 1.97. The number of carboxylic acids is 1. The summed E-state index contributed by atoms with van der Waals surface area (Å²) in [7, 11) is 0. The Morgan fingerprint density at radius 1 is 1.28 bits per heavy atom. The van der Waals surface area contributed by atoms with Gasteiger partial charge in [0.05, 0.1) is 6.21 Å². The van der Waals surface area contributed by atoms with Crippen molar-refractivity contribution in [1.29, 1.82) is 0 Å². The van der Waals surface area contributed by atoms with E-state index in [9.17, 15) is 9.59 Å². The molecule has 0 atom stereocenters. The van der Waals surface area contributed by atoms with Crippen LogP contribution < -0.4 is 10.5 Å². The predicted molar refractivity (Wildman–Crippen MR) is 62.3 cm³/mol. The average Bonchev–Trinajstić information content (AvgIpc) is 2.33. The number of carbonyl (C=O) groups is 2. The molecule has 0 bridgehead atoms. The molecule has 7 nitrogen and oxygen atoms in total. The number of oxime groups is 1. The second-order valence-electron chi connectivity index (χ2n) is 3.23. The number of benzene rings is 1. The minimum absolute atomic E-state index is 0.185. The number of primary amides is 1. The molecule has 0 aliphatic rings. The third-order valence-electron chi connectivity index (χ3n) is 1.73. The summed E-state index contributed by atoms with van der Waals surface area (Å²) in [5, 5.41) is 11.8. The van der Waals surface area contributed by atoms with Crippen LogP contribution in [0.5, 0.6) is 5.75 Å². The van der Waals surface area contributed by atoms with Crippen LogP contribution >= 0.6 is 0 Å². The van der Waals surface area contributed by atoms with Crippen LogP contribution in [0.25, 0.3) is 0 Å². The lowest BCUT2D eigenvalue weighted by Gasteiger charge is -2.03. The van der Waals surface area contributed by atoms with Crippen molar-refractivity contribution in [3.05, 3.63) is 29.8 Å². The molecule has 0 saturated carbocycles. The van der Waals surface area contributed by atoms with Gasteiger partial charge in [0.25, 0.3) is 5.91 Å². The van der Waals surface area contributed by atoms with Crippen molar-refractivity contribution in [2.45, 2.75) is 0 Å². The number of carbonyl (C=O) groups excluding carboxylic acids is 1. The van der Waals surface area contributed by atoms with Gasteiger partial charge in [-0.15, -0.1) is 0 Å². The molecule has 0 aromatic heterocycles. The number of amides is 1. The molecule has 1 rings (SSSR count). The number of carboxylic acid groups (broad SMARTS) is 1. The number of nitrogens with zero attached hydrogens (tertiary/aromatic N) is 1. The number of hydrogen-bond acceptors (Lipinski definition) is 5. The highest BCUT2D eigenvalue weighted by Crippen LogP contribution is 2.10. The molecule has 0 saturated heterocycles. The summed E-state index contributed by atoms with van der Waals surface area (Å²) in [4.78, 5) is 25.1. The monoisotopic (exact) mass is 252 g/mol.